The van der Waals surface area contributed by atoms with Crippen LogP contribution >= 0.6 is 0 Å². The molecule has 1 heterocycles. The van der Waals surface area contributed by atoms with Crippen molar-refractivity contribution >= 4 is 17.5 Å². The van der Waals surface area contributed by atoms with Crippen molar-refractivity contribution in [2.75, 3.05) is 31.5 Å². The van der Waals surface area contributed by atoms with E-state index in [0.29, 0.717) is 6.54 Å². The van der Waals surface area contributed by atoms with Gasteiger partial charge in [0, 0.05) is 38.8 Å². The van der Waals surface area contributed by atoms with E-state index in [1.54, 1.807) is 6.92 Å². The van der Waals surface area contributed by atoms with Crippen LogP contribution in [0.25, 0.3) is 0 Å². The molecular weight excluding hydrogens is 278 g/mol. The van der Waals surface area contributed by atoms with Gasteiger partial charge in [0.05, 0.1) is 6.04 Å². The van der Waals surface area contributed by atoms with Crippen LogP contribution in [0.4, 0.5) is 5.69 Å². The number of aryl methyl sites for hydroxylation is 1. The molecule has 1 aliphatic rings. The molecule has 1 atom stereocenters. The predicted molar refractivity (Wildman–Crippen MR) is 87.7 cm³/mol. The SMILES string of the molecule is CC(=O)N1CCCN([C@@H](C)C(=O)Nc2ccccc2C)CC1. The second kappa shape index (κ2) is 7.40. The van der Waals surface area contributed by atoms with Crippen molar-refractivity contribution in [3.05, 3.63) is 29.8 Å². The van der Waals surface area contributed by atoms with Crippen molar-refractivity contribution in [3.8, 4) is 0 Å². The van der Waals surface area contributed by atoms with E-state index in [1.807, 2.05) is 43.0 Å². The highest BCUT2D eigenvalue weighted by molar-refractivity contribution is 5.95. The molecule has 0 bridgehead atoms. The first kappa shape index (κ1) is 16.5. The summed E-state index contributed by atoms with van der Waals surface area (Å²) in [6.07, 6.45) is 0.904. The molecule has 1 aromatic rings. The molecule has 0 unspecified atom stereocenters. The number of carbonyl (C=O) groups excluding carboxylic acids is 2. The summed E-state index contributed by atoms with van der Waals surface area (Å²) in [7, 11) is 0. The van der Waals surface area contributed by atoms with Crippen LogP contribution in [-0.2, 0) is 9.59 Å². The quantitative estimate of drug-likeness (QED) is 0.927. The maximum absolute atomic E-state index is 12.5. The highest BCUT2D eigenvalue weighted by Gasteiger charge is 2.24. The number of hydrogen-bond acceptors (Lipinski definition) is 3. The van der Waals surface area contributed by atoms with Crippen LogP contribution in [0.5, 0.6) is 0 Å². The molecule has 22 heavy (non-hydrogen) atoms. The van der Waals surface area contributed by atoms with Gasteiger partial charge in [-0.05, 0) is 31.9 Å². The van der Waals surface area contributed by atoms with E-state index in [9.17, 15) is 9.59 Å². The first-order valence-electron chi connectivity index (χ1n) is 7.85. The van der Waals surface area contributed by atoms with E-state index < -0.39 is 0 Å². The van der Waals surface area contributed by atoms with Gasteiger partial charge in [0.25, 0.3) is 0 Å². The normalized spacial score (nSPS) is 17.7. The topological polar surface area (TPSA) is 52.7 Å². The van der Waals surface area contributed by atoms with Gasteiger partial charge in [0.15, 0.2) is 0 Å². The standard InChI is InChI=1S/C17H25N3O2/c1-13-7-4-5-8-16(13)18-17(22)14(2)19-9-6-10-20(12-11-19)15(3)21/h4-5,7-8,14H,6,9-12H2,1-3H3,(H,18,22)/t14-/m0/s1. The Labute approximate surface area is 132 Å². The van der Waals surface area contributed by atoms with E-state index in [1.165, 1.54) is 0 Å². The number of hydrogen-bond donors (Lipinski definition) is 1. The van der Waals surface area contributed by atoms with Crippen LogP contribution in [0, 0.1) is 6.92 Å². The molecule has 5 nitrogen and oxygen atoms in total. The molecule has 1 aromatic carbocycles. The molecule has 0 radical (unpaired) electrons. The van der Waals surface area contributed by atoms with E-state index >= 15 is 0 Å². The lowest BCUT2D eigenvalue weighted by atomic mass is 10.2. The Balaban J connectivity index is 1.96. The third-order valence-corrected chi connectivity index (χ3v) is 4.31. The molecule has 0 aliphatic carbocycles. The summed E-state index contributed by atoms with van der Waals surface area (Å²) in [4.78, 5) is 27.9. The van der Waals surface area contributed by atoms with Crippen LogP contribution in [0.3, 0.4) is 0 Å². The molecular formula is C17H25N3O2. The largest absolute Gasteiger partial charge is 0.342 e. The van der Waals surface area contributed by atoms with Gasteiger partial charge in [0.1, 0.15) is 0 Å². The molecule has 2 rings (SSSR count). The number of anilines is 1. The Morgan fingerprint density at radius 3 is 2.55 bits per heavy atom. The molecule has 5 heteroatoms. The number of para-hydroxylation sites is 1. The molecule has 1 N–H and O–H groups in total. The third-order valence-electron chi connectivity index (χ3n) is 4.31. The summed E-state index contributed by atoms with van der Waals surface area (Å²) < 4.78 is 0. The molecule has 0 aromatic heterocycles. The molecule has 0 spiro atoms. The van der Waals surface area contributed by atoms with E-state index in [-0.39, 0.29) is 17.9 Å². The summed E-state index contributed by atoms with van der Waals surface area (Å²) in [6.45, 7) is 8.56. The minimum Gasteiger partial charge on any atom is -0.342 e. The van der Waals surface area contributed by atoms with Crippen molar-refractivity contribution in [3.63, 3.8) is 0 Å². The van der Waals surface area contributed by atoms with Gasteiger partial charge in [-0.1, -0.05) is 18.2 Å². The summed E-state index contributed by atoms with van der Waals surface area (Å²) in [5, 5.41) is 3.00. The van der Waals surface area contributed by atoms with Crippen LogP contribution < -0.4 is 5.32 Å². The summed E-state index contributed by atoms with van der Waals surface area (Å²) >= 11 is 0. The first-order valence-corrected chi connectivity index (χ1v) is 7.85. The van der Waals surface area contributed by atoms with Gasteiger partial charge in [-0.3, -0.25) is 14.5 Å². The Bertz CT molecular complexity index is 544. The fourth-order valence-corrected chi connectivity index (χ4v) is 2.76. The van der Waals surface area contributed by atoms with E-state index in [2.05, 4.69) is 10.2 Å². The zero-order valence-corrected chi connectivity index (χ0v) is 13.6. The highest BCUT2D eigenvalue weighted by atomic mass is 16.2. The van der Waals surface area contributed by atoms with Crippen LogP contribution in [0.1, 0.15) is 25.8 Å². The number of nitrogens with one attached hydrogen (secondary N) is 1. The lowest BCUT2D eigenvalue weighted by Crippen LogP contribution is -2.44. The number of rotatable bonds is 3. The molecule has 1 saturated heterocycles. The maximum atomic E-state index is 12.5. The second-order valence-electron chi connectivity index (χ2n) is 5.88. The lowest BCUT2D eigenvalue weighted by Gasteiger charge is -2.27. The third kappa shape index (κ3) is 4.07. The van der Waals surface area contributed by atoms with Gasteiger partial charge >= 0.3 is 0 Å². The van der Waals surface area contributed by atoms with Gasteiger partial charge in [-0.2, -0.15) is 0 Å². The smallest absolute Gasteiger partial charge is 0.241 e. The van der Waals surface area contributed by atoms with Crippen molar-refractivity contribution in [2.24, 2.45) is 0 Å². The highest BCUT2D eigenvalue weighted by Crippen LogP contribution is 2.15. The zero-order valence-electron chi connectivity index (χ0n) is 13.6. The lowest BCUT2D eigenvalue weighted by molar-refractivity contribution is -0.128. The Hall–Kier alpha value is -1.88. The average Bonchev–Trinajstić information content (AvgIpc) is 2.74. The predicted octanol–water partition coefficient (Wildman–Crippen LogP) is 1.88. The first-order chi connectivity index (χ1) is 10.5. The maximum Gasteiger partial charge on any atom is 0.241 e. The van der Waals surface area contributed by atoms with Crippen molar-refractivity contribution < 1.29 is 9.59 Å². The average molecular weight is 303 g/mol. The molecule has 120 valence electrons. The van der Waals surface area contributed by atoms with E-state index in [0.717, 1.165) is 37.3 Å². The Morgan fingerprint density at radius 2 is 1.86 bits per heavy atom. The van der Waals surface area contributed by atoms with Crippen LogP contribution in [0.2, 0.25) is 0 Å². The number of nitrogens with zero attached hydrogens (tertiary/aromatic N) is 2. The van der Waals surface area contributed by atoms with Gasteiger partial charge in [0.2, 0.25) is 11.8 Å². The summed E-state index contributed by atoms with van der Waals surface area (Å²) in [5.74, 6) is 0.115. The minimum atomic E-state index is -0.202. The van der Waals surface area contributed by atoms with Crippen LogP contribution in [0.15, 0.2) is 24.3 Å². The summed E-state index contributed by atoms with van der Waals surface area (Å²) in [5.41, 5.74) is 1.92. The number of amides is 2. The Kier molecular flexibility index (Phi) is 5.55. The molecule has 1 fully saturated rings. The Morgan fingerprint density at radius 1 is 1.14 bits per heavy atom. The molecule has 2 amide bonds. The van der Waals surface area contributed by atoms with Crippen LogP contribution in [-0.4, -0.2) is 53.8 Å². The summed E-state index contributed by atoms with van der Waals surface area (Å²) in [6, 6.07) is 7.58. The monoisotopic (exact) mass is 303 g/mol. The van der Waals surface area contributed by atoms with Crippen molar-refractivity contribution in [2.45, 2.75) is 33.2 Å². The number of benzene rings is 1. The van der Waals surface area contributed by atoms with Gasteiger partial charge in [-0.15, -0.1) is 0 Å². The van der Waals surface area contributed by atoms with E-state index in [4.69, 9.17) is 0 Å². The number of carbonyl (C=O) groups is 2. The fourth-order valence-electron chi connectivity index (χ4n) is 2.76. The van der Waals surface area contributed by atoms with Crippen molar-refractivity contribution in [1.29, 1.82) is 0 Å². The minimum absolute atomic E-state index is 0.00516. The van der Waals surface area contributed by atoms with Gasteiger partial charge in [-0.25, -0.2) is 0 Å². The molecule has 1 aliphatic heterocycles. The van der Waals surface area contributed by atoms with Crippen molar-refractivity contribution in [1.82, 2.24) is 9.80 Å². The second-order valence-corrected chi connectivity index (χ2v) is 5.88. The van der Waals surface area contributed by atoms with Gasteiger partial charge < -0.3 is 10.2 Å². The zero-order chi connectivity index (χ0) is 16.1. The molecule has 0 saturated carbocycles. The fraction of sp³-hybridized carbons (Fsp3) is 0.529.